The molecule has 0 aliphatic heterocycles. The number of phenols is 1. The van der Waals surface area contributed by atoms with E-state index in [1.807, 2.05) is 19.1 Å². The molecule has 1 rings (SSSR count). The molecule has 0 saturated heterocycles. The second kappa shape index (κ2) is 6.58. The molecule has 0 fully saturated rings. The molecule has 0 radical (unpaired) electrons. The van der Waals surface area contributed by atoms with Gasteiger partial charge in [0.2, 0.25) is 0 Å². The predicted octanol–water partition coefficient (Wildman–Crippen LogP) is 1.81. The molecule has 0 saturated carbocycles. The Morgan fingerprint density at radius 3 is 2.71 bits per heavy atom. The number of rotatable bonds is 5. The molecule has 0 spiro atoms. The van der Waals surface area contributed by atoms with Crippen molar-refractivity contribution in [1.29, 1.82) is 0 Å². The summed E-state index contributed by atoms with van der Waals surface area (Å²) in [5.41, 5.74) is 1.07. The van der Waals surface area contributed by atoms with Gasteiger partial charge in [0.1, 0.15) is 5.75 Å². The molecule has 0 aromatic heterocycles. The number of nitrogens with one attached hydrogen (secondary N) is 2. The van der Waals surface area contributed by atoms with Crippen LogP contribution in [0.3, 0.4) is 0 Å². The Bertz CT molecular complexity index is 374. The number of hydrogen-bond acceptors (Lipinski definition) is 2. The fraction of sp³-hybridized carbons (Fsp3) is 0.308. The molecule has 3 N–H and O–H groups in total. The van der Waals surface area contributed by atoms with E-state index in [2.05, 4.69) is 17.2 Å². The van der Waals surface area contributed by atoms with Crippen molar-refractivity contribution in [2.45, 2.75) is 19.4 Å². The molecular formula is C13H18N2O2. The van der Waals surface area contributed by atoms with Crippen molar-refractivity contribution in [2.75, 3.05) is 6.54 Å². The van der Waals surface area contributed by atoms with Crippen LogP contribution in [0.25, 0.3) is 0 Å². The lowest BCUT2D eigenvalue weighted by Gasteiger charge is -2.14. The third kappa shape index (κ3) is 5.06. The fourth-order valence-corrected chi connectivity index (χ4v) is 1.48. The summed E-state index contributed by atoms with van der Waals surface area (Å²) in [5, 5.41) is 14.6. The van der Waals surface area contributed by atoms with E-state index in [0.29, 0.717) is 6.54 Å². The van der Waals surface area contributed by atoms with Crippen LogP contribution < -0.4 is 10.6 Å². The van der Waals surface area contributed by atoms with E-state index in [-0.39, 0.29) is 17.8 Å². The molecule has 4 heteroatoms. The number of aromatic hydroxyl groups is 1. The first kappa shape index (κ1) is 13.1. The minimum atomic E-state index is -0.198. The van der Waals surface area contributed by atoms with Crippen LogP contribution in [0, 0.1) is 0 Å². The monoisotopic (exact) mass is 234 g/mol. The number of hydrogen-bond donors (Lipinski definition) is 3. The largest absolute Gasteiger partial charge is 0.508 e. The van der Waals surface area contributed by atoms with E-state index >= 15 is 0 Å². The Labute approximate surface area is 101 Å². The van der Waals surface area contributed by atoms with Crippen LogP contribution in [0.1, 0.15) is 12.5 Å². The average molecular weight is 234 g/mol. The van der Waals surface area contributed by atoms with Crippen LogP contribution in [-0.4, -0.2) is 23.7 Å². The second-order valence-electron chi connectivity index (χ2n) is 3.91. The van der Waals surface area contributed by atoms with Crippen molar-refractivity contribution in [2.24, 2.45) is 0 Å². The quantitative estimate of drug-likeness (QED) is 0.680. The van der Waals surface area contributed by atoms with Crippen molar-refractivity contribution < 1.29 is 9.90 Å². The summed E-state index contributed by atoms with van der Waals surface area (Å²) >= 11 is 0. The first-order chi connectivity index (χ1) is 8.11. The highest BCUT2D eigenvalue weighted by Gasteiger charge is 2.06. The summed E-state index contributed by atoms with van der Waals surface area (Å²) in [7, 11) is 0. The van der Waals surface area contributed by atoms with Crippen molar-refractivity contribution >= 4 is 6.03 Å². The zero-order valence-corrected chi connectivity index (χ0v) is 9.94. The van der Waals surface area contributed by atoms with E-state index in [9.17, 15) is 4.79 Å². The molecule has 4 nitrogen and oxygen atoms in total. The summed E-state index contributed by atoms with van der Waals surface area (Å²) in [6.45, 7) is 5.91. The summed E-state index contributed by atoms with van der Waals surface area (Å²) in [6, 6.07) is 6.80. The number of benzene rings is 1. The number of amides is 2. The highest BCUT2D eigenvalue weighted by Crippen LogP contribution is 2.11. The molecule has 0 aliphatic carbocycles. The van der Waals surface area contributed by atoms with E-state index in [0.717, 1.165) is 12.0 Å². The molecule has 17 heavy (non-hydrogen) atoms. The summed E-state index contributed by atoms with van der Waals surface area (Å²) in [6.07, 6.45) is 2.35. The zero-order valence-electron chi connectivity index (χ0n) is 9.94. The number of carbonyl (C=O) groups excluding carboxylic acids is 1. The summed E-state index contributed by atoms with van der Waals surface area (Å²) in [5.74, 6) is 0.248. The van der Waals surface area contributed by atoms with Crippen LogP contribution in [0.2, 0.25) is 0 Å². The maximum Gasteiger partial charge on any atom is 0.315 e. The Morgan fingerprint density at radius 1 is 1.47 bits per heavy atom. The van der Waals surface area contributed by atoms with Crippen LogP contribution in [0.15, 0.2) is 36.9 Å². The molecule has 1 atom stereocenters. The Hall–Kier alpha value is -1.97. The van der Waals surface area contributed by atoms with Crippen molar-refractivity contribution in [3.05, 3.63) is 42.5 Å². The molecule has 92 valence electrons. The van der Waals surface area contributed by atoms with Crippen LogP contribution in [0.4, 0.5) is 4.79 Å². The summed E-state index contributed by atoms with van der Waals surface area (Å²) < 4.78 is 0. The highest BCUT2D eigenvalue weighted by molar-refractivity contribution is 5.74. The normalized spacial score (nSPS) is 11.6. The molecule has 0 bridgehead atoms. The van der Waals surface area contributed by atoms with Crippen molar-refractivity contribution in [1.82, 2.24) is 10.6 Å². The van der Waals surface area contributed by atoms with E-state index in [1.165, 1.54) is 0 Å². The highest BCUT2D eigenvalue weighted by atomic mass is 16.3. The first-order valence-corrected chi connectivity index (χ1v) is 5.55. The molecular weight excluding hydrogens is 216 g/mol. The molecule has 1 aromatic carbocycles. The van der Waals surface area contributed by atoms with Gasteiger partial charge in [-0.3, -0.25) is 0 Å². The standard InChI is InChI=1S/C13H18N2O2/c1-3-8-14-13(17)15-10(2)9-11-4-6-12(16)7-5-11/h3-7,10,16H,1,8-9H2,2H3,(H2,14,15,17)/t10-/m0/s1. The lowest BCUT2D eigenvalue weighted by molar-refractivity contribution is 0.239. The average Bonchev–Trinajstić information content (AvgIpc) is 2.29. The van der Waals surface area contributed by atoms with Gasteiger partial charge >= 0.3 is 6.03 Å². The van der Waals surface area contributed by atoms with E-state index in [1.54, 1.807) is 18.2 Å². The number of phenolic OH excluding ortho intramolecular Hbond substituents is 1. The van der Waals surface area contributed by atoms with E-state index < -0.39 is 0 Å². The molecule has 0 aliphatic rings. The molecule has 0 heterocycles. The van der Waals surface area contributed by atoms with Crippen LogP contribution >= 0.6 is 0 Å². The smallest absolute Gasteiger partial charge is 0.315 e. The van der Waals surface area contributed by atoms with Gasteiger partial charge in [0.05, 0.1) is 0 Å². The van der Waals surface area contributed by atoms with Gasteiger partial charge in [-0.2, -0.15) is 0 Å². The minimum Gasteiger partial charge on any atom is -0.508 e. The van der Waals surface area contributed by atoms with Gasteiger partial charge in [-0.25, -0.2) is 4.79 Å². The zero-order chi connectivity index (χ0) is 12.7. The van der Waals surface area contributed by atoms with Crippen molar-refractivity contribution in [3.8, 4) is 5.75 Å². The van der Waals surface area contributed by atoms with Gasteiger partial charge in [-0.1, -0.05) is 18.2 Å². The van der Waals surface area contributed by atoms with Gasteiger partial charge < -0.3 is 15.7 Å². The Balaban J connectivity index is 2.38. The van der Waals surface area contributed by atoms with Gasteiger partial charge in [-0.05, 0) is 31.0 Å². The molecule has 2 amide bonds. The van der Waals surface area contributed by atoms with Crippen molar-refractivity contribution in [3.63, 3.8) is 0 Å². The third-order valence-corrected chi connectivity index (χ3v) is 2.26. The number of urea groups is 1. The van der Waals surface area contributed by atoms with E-state index in [4.69, 9.17) is 5.11 Å². The maximum absolute atomic E-state index is 11.3. The third-order valence-electron chi connectivity index (χ3n) is 2.26. The predicted molar refractivity (Wildman–Crippen MR) is 68.0 cm³/mol. The maximum atomic E-state index is 11.3. The first-order valence-electron chi connectivity index (χ1n) is 5.55. The Kier molecular flexibility index (Phi) is 5.07. The molecule has 1 aromatic rings. The van der Waals surface area contributed by atoms with Gasteiger partial charge in [0.15, 0.2) is 0 Å². The second-order valence-corrected chi connectivity index (χ2v) is 3.91. The van der Waals surface area contributed by atoms with Crippen LogP contribution in [0.5, 0.6) is 5.75 Å². The number of carbonyl (C=O) groups is 1. The fourth-order valence-electron chi connectivity index (χ4n) is 1.48. The van der Waals surface area contributed by atoms with Gasteiger partial charge in [0.25, 0.3) is 0 Å². The van der Waals surface area contributed by atoms with Gasteiger partial charge in [0, 0.05) is 12.6 Å². The van der Waals surface area contributed by atoms with Gasteiger partial charge in [-0.15, -0.1) is 6.58 Å². The topological polar surface area (TPSA) is 61.4 Å². The lowest BCUT2D eigenvalue weighted by Crippen LogP contribution is -2.41. The molecule has 0 unspecified atom stereocenters. The SMILES string of the molecule is C=CCNC(=O)N[C@@H](C)Cc1ccc(O)cc1. The summed E-state index contributed by atoms with van der Waals surface area (Å²) in [4.78, 5) is 11.3. The van der Waals surface area contributed by atoms with Crippen LogP contribution in [-0.2, 0) is 6.42 Å². The minimum absolute atomic E-state index is 0.0318. The lowest BCUT2D eigenvalue weighted by atomic mass is 10.1. The Morgan fingerprint density at radius 2 is 2.12 bits per heavy atom.